The smallest absolute Gasteiger partial charge is 0.475 e. The van der Waals surface area contributed by atoms with Crippen LogP contribution < -0.4 is 27.7 Å². The number of carboxylic acid groups (broad SMARTS) is 2. The lowest BCUT2D eigenvalue weighted by Crippen LogP contribution is -2.36. The number of nitrogens with two attached hydrogens (primary N) is 2. The van der Waals surface area contributed by atoms with E-state index < -0.39 is 47.4 Å². The number of aliphatic carboxylic acids is 2. The second-order valence-electron chi connectivity index (χ2n) is 7.86. The van der Waals surface area contributed by atoms with E-state index in [0.717, 1.165) is 12.1 Å². The fraction of sp³-hybridized carbons (Fsp3) is 0.364. The Bertz CT molecular complexity index is 1340. The number of aromatic nitrogens is 2. The summed E-state index contributed by atoms with van der Waals surface area (Å²) in [5.74, 6) is -7.46. The average Bonchev–Trinajstić information content (AvgIpc) is 2.88. The number of nitrogens with zero attached hydrogens (tertiary/aromatic N) is 3. The molecule has 0 atom stereocenters. The van der Waals surface area contributed by atoms with Crippen LogP contribution in [0.2, 0.25) is 0 Å². The van der Waals surface area contributed by atoms with Crippen LogP contribution in [0.5, 0.6) is 0 Å². The molecule has 246 valence electrons. The number of oxime groups is 1. The van der Waals surface area contributed by atoms with Crippen molar-refractivity contribution in [3.8, 4) is 0 Å². The number of carbonyl (C=O) groups excluding carboxylic acids is 1. The SMILES string of the molecule is Cc1cnc(NCCc2ccc(F)cc2F)c(=O)n1CC(=O)NCCON=C(N)N.O=C(O)C(F)(F)F.O=C(O)C(F)(F)F. The van der Waals surface area contributed by atoms with Gasteiger partial charge in [0.05, 0.1) is 6.54 Å². The second kappa shape index (κ2) is 17.7. The topological polar surface area (TPSA) is 224 Å². The summed E-state index contributed by atoms with van der Waals surface area (Å²) < 4.78 is 91.4. The summed E-state index contributed by atoms with van der Waals surface area (Å²) in [5, 5.41) is 22.9. The normalized spacial score (nSPS) is 10.7. The van der Waals surface area contributed by atoms with Crippen molar-refractivity contribution >= 4 is 29.6 Å². The molecule has 0 saturated heterocycles. The van der Waals surface area contributed by atoms with E-state index in [0.29, 0.717) is 11.3 Å². The van der Waals surface area contributed by atoms with Crippen LogP contribution in [-0.2, 0) is 32.2 Å². The molecule has 0 spiro atoms. The molecule has 0 bridgehead atoms. The third kappa shape index (κ3) is 15.7. The van der Waals surface area contributed by atoms with Crippen molar-refractivity contribution in [2.24, 2.45) is 16.6 Å². The van der Waals surface area contributed by atoms with Gasteiger partial charge in [0.15, 0.2) is 5.82 Å². The predicted molar refractivity (Wildman–Crippen MR) is 134 cm³/mol. The molecule has 2 aromatic rings. The summed E-state index contributed by atoms with van der Waals surface area (Å²) in [7, 11) is 0. The van der Waals surface area contributed by atoms with E-state index in [9.17, 15) is 44.7 Å². The van der Waals surface area contributed by atoms with E-state index >= 15 is 0 Å². The van der Waals surface area contributed by atoms with Gasteiger partial charge in [-0.15, -0.1) is 0 Å². The lowest BCUT2D eigenvalue weighted by atomic mass is 10.1. The monoisotopic (exact) mass is 651 g/mol. The molecule has 2 rings (SSSR count). The van der Waals surface area contributed by atoms with Crippen molar-refractivity contribution in [3.05, 3.63) is 57.6 Å². The first kappa shape index (κ1) is 38.8. The van der Waals surface area contributed by atoms with Gasteiger partial charge in [0.25, 0.3) is 5.56 Å². The first-order valence-corrected chi connectivity index (χ1v) is 11.5. The maximum atomic E-state index is 13.7. The van der Waals surface area contributed by atoms with Crippen molar-refractivity contribution < 1.29 is 64.6 Å². The molecule has 1 heterocycles. The number of carbonyl (C=O) groups is 3. The van der Waals surface area contributed by atoms with Gasteiger partial charge in [-0.2, -0.15) is 26.3 Å². The number of alkyl halides is 6. The minimum Gasteiger partial charge on any atom is -0.475 e. The number of guanidine groups is 1. The van der Waals surface area contributed by atoms with Gasteiger partial charge in [-0.1, -0.05) is 6.07 Å². The van der Waals surface area contributed by atoms with Gasteiger partial charge in [-0.05, 0) is 30.1 Å². The maximum Gasteiger partial charge on any atom is 0.490 e. The molecular weight excluding hydrogens is 626 g/mol. The standard InChI is InChI=1S/C18H23F2N7O3.2C2HF3O2/c1-11-9-25-16(24-5-4-12-2-3-13(19)8-14(12)20)17(29)27(11)10-15(28)23-6-7-30-26-18(21)22;2*3-2(4,5)1(6)7/h2-3,8-9H,4-7,10H2,1H3,(H,23,28)(H,24,25)(H4,21,22,26);2*(H,6,7). The Hall–Kier alpha value is -5.18. The van der Waals surface area contributed by atoms with Crippen molar-refractivity contribution in [2.45, 2.75) is 32.2 Å². The van der Waals surface area contributed by atoms with Crippen LogP contribution in [0.25, 0.3) is 0 Å². The van der Waals surface area contributed by atoms with Gasteiger partial charge < -0.3 is 37.2 Å². The molecule has 0 fully saturated rings. The van der Waals surface area contributed by atoms with Gasteiger partial charge in [0, 0.05) is 24.5 Å². The van der Waals surface area contributed by atoms with E-state index in [1.165, 1.54) is 16.8 Å². The highest BCUT2D eigenvalue weighted by Crippen LogP contribution is 2.14. The fourth-order valence-corrected chi connectivity index (χ4v) is 2.48. The number of amides is 1. The molecule has 1 aromatic carbocycles. The van der Waals surface area contributed by atoms with Gasteiger partial charge in [0.1, 0.15) is 24.8 Å². The summed E-state index contributed by atoms with van der Waals surface area (Å²) in [5.41, 5.74) is 10.5. The Morgan fingerprint density at radius 2 is 1.57 bits per heavy atom. The Labute approximate surface area is 241 Å². The van der Waals surface area contributed by atoms with Crippen molar-refractivity contribution in [1.29, 1.82) is 0 Å². The summed E-state index contributed by atoms with van der Waals surface area (Å²) in [6.07, 6.45) is -8.51. The molecule has 0 unspecified atom stereocenters. The highest BCUT2D eigenvalue weighted by atomic mass is 19.4. The van der Waals surface area contributed by atoms with E-state index in [2.05, 4.69) is 20.8 Å². The molecule has 1 aromatic heterocycles. The number of rotatable bonds is 10. The molecular formula is C22H25F8N7O7. The Balaban J connectivity index is 0.00000109. The van der Waals surface area contributed by atoms with E-state index in [1.54, 1.807) is 6.92 Å². The second-order valence-corrected chi connectivity index (χ2v) is 7.86. The number of carboxylic acids is 2. The summed E-state index contributed by atoms with van der Waals surface area (Å²) in [6.45, 7) is 1.81. The molecule has 0 radical (unpaired) electrons. The molecule has 0 aliphatic heterocycles. The van der Waals surface area contributed by atoms with Crippen LogP contribution in [-0.4, -0.2) is 75.6 Å². The van der Waals surface area contributed by atoms with Crippen molar-refractivity contribution in [2.75, 3.05) is 25.0 Å². The Morgan fingerprint density at radius 3 is 2.05 bits per heavy atom. The largest absolute Gasteiger partial charge is 0.490 e. The number of hydrogen-bond acceptors (Lipinski definition) is 8. The number of aryl methyl sites for hydroxylation is 1. The zero-order valence-corrected chi connectivity index (χ0v) is 22.3. The summed E-state index contributed by atoms with van der Waals surface area (Å²) in [4.78, 5) is 51.2. The van der Waals surface area contributed by atoms with Crippen LogP contribution >= 0.6 is 0 Å². The zero-order valence-electron chi connectivity index (χ0n) is 22.3. The fourth-order valence-electron chi connectivity index (χ4n) is 2.48. The third-order valence-corrected chi connectivity index (χ3v) is 4.43. The highest BCUT2D eigenvalue weighted by Gasteiger charge is 2.38. The molecule has 1 amide bonds. The van der Waals surface area contributed by atoms with Gasteiger partial charge in [-0.3, -0.25) is 14.2 Å². The molecule has 0 aliphatic rings. The summed E-state index contributed by atoms with van der Waals surface area (Å²) in [6, 6.07) is 3.30. The van der Waals surface area contributed by atoms with Gasteiger partial charge in [0.2, 0.25) is 11.9 Å². The molecule has 0 aliphatic carbocycles. The Kier molecular flexibility index (Phi) is 15.6. The molecule has 44 heavy (non-hydrogen) atoms. The van der Waals surface area contributed by atoms with Gasteiger partial charge >= 0.3 is 24.3 Å². The Morgan fingerprint density at radius 1 is 1.02 bits per heavy atom. The number of anilines is 1. The van der Waals surface area contributed by atoms with Crippen LogP contribution in [0, 0.1) is 18.6 Å². The maximum absolute atomic E-state index is 13.7. The summed E-state index contributed by atoms with van der Waals surface area (Å²) >= 11 is 0. The molecule has 0 saturated carbocycles. The van der Waals surface area contributed by atoms with Crippen LogP contribution in [0.15, 0.2) is 34.3 Å². The van der Waals surface area contributed by atoms with E-state index in [4.69, 9.17) is 36.1 Å². The lowest BCUT2D eigenvalue weighted by molar-refractivity contribution is -0.193. The average molecular weight is 651 g/mol. The number of halogens is 8. The number of hydrogen-bond donors (Lipinski definition) is 6. The molecule has 22 heteroatoms. The van der Waals surface area contributed by atoms with Crippen LogP contribution in [0.1, 0.15) is 11.3 Å². The highest BCUT2D eigenvalue weighted by molar-refractivity contribution is 5.76. The lowest BCUT2D eigenvalue weighted by Gasteiger charge is -2.12. The van der Waals surface area contributed by atoms with Crippen LogP contribution in [0.3, 0.4) is 0 Å². The quantitative estimate of drug-likeness (QED) is 0.0701. The van der Waals surface area contributed by atoms with Crippen LogP contribution in [0.4, 0.5) is 40.9 Å². The molecule has 14 nitrogen and oxygen atoms in total. The number of benzene rings is 1. The third-order valence-electron chi connectivity index (χ3n) is 4.43. The van der Waals surface area contributed by atoms with Crippen molar-refractivity contribution in [1.82, 2.24) is 14.9 Å². The zero-order chi connectivity index (χ0) is 34.3. The first-order chi connectivity index (χ1) is 20.2. The van der Waals surface area contributed by atoms with Crippen molar-refractivity contribution in [3.63, 3.8) is 0 Å². The first-order valence-electron chi connectivity index (χ1n) is 11.5. The molecule has 8 N–H and O–H groups in total. The minimum absolute atomic E-state index is 0.0204. The predicted octanol–water partition coefficient (Wildman–Crippen LogP) is 1.07. The number of nitrogens with one attached hydrogen (secondary N) is 2. The minimum atomic E-state index is -5.08. The van der Waals surface area contributed by atoms with E-state index in [1.807, 2.05) is 0 Å². The van der Waals surface area contributed by atoms with Gasteiger partial charge in [-0.25, -0.2) is 23.4 Å². The van der Waals surface area contributed by atoms with E-state index in [-0.39, 0.29) is 44.4 Å².